The van der Waals surface area contributed by atoms with Gasteiger partial charge in [0.15, 0.2) is 9.84 Å². The SMILES string of the molecule is CS(=O)(=O)c1ccccc1C(=O)NN. The number of hydrazine groups is 1. The Morgan fingerprint density at radius 2 is 1.93 bits per heavy atom. The Morgan fingerprint density at radius 3 is 2.43 bits per heavy atom. The van der Waals surface area contributed by atoms with Crippen LogP contribution in [0.5, 0.6) is 0 Å². The third kappa shape index (κ3) is 2.09. The van der Waals surface area contributed by atoms with Gasteiger partial charge in [0.2, 0.25) is 0 Å². The summed E-state index contributed by atoms with van der Waals surface area (Å²) in [5.74, 6) is 4.30. The average molecular weight is 214 g/mol. The second kappa shape index (κ2) is 3.77. The van der Waals surface area contributed by atoms with Crippen molar-refractivity contribution in [3.05, 3.63) is 29.8 Å². The molecule has 0 aromatic heterocycles. The second-order valence-corrected chi connectivity index (χ2v) is 4.73. The van der Waals surface area contributed by atoms with Crippen LogP contribution in [-0.4, -0.2) is 20.6 Å². The molecule has 0 aliphatic heterocycles. The first-order chi connectivity index (χ1) is 6.46. The first kappa shape index (κ1) is 10.7. The van der Waals surface area contributed by atoms with Crippen LogP contribution in [0.25, 0.3) is 0 Å². The lowest BCUT2D eigenvalue weighted by atomic mass is 10.2. The van der Waals surface area contributed by atoms with Gasteiger partial charge in [-0.25, -0.2) is 14.3 Å². The predicted molar refractivity (Wildman–Crippen MR) is 51.2 cm³/mol. The topological polar surface area (TPSA) is 89.3 Å². The highest BCUT2D eigenvalue weighted by atomic mass is 32.2. The van der Waals surface area contributed by atoms with Gasteiger partial charge in [-0.1, -0.05) is 12.1 Å². The van der Waals surface area contributed by atoms with E-state index >= 15 is 0 Å². The maximum atomic E-state index is 11.3. The number of sulfone groups is 1. The van der Waals surface area contributed by atoms with E-state index < -0.39 is 15.7 Å². The number of carbonyl (C=O) groups is 1. The highest BCUT2D eigenvalue weighted by molar-refractivity contribution is 7.90. The summed E-state index contributed by atoms with van der Waals surface area (Å²) in [5, 5.41) is 0. The van der Waals surface area contributed by atoms with E-state index in [2.05, 4.69) is 0 Å². The zero-order valence-corrected chi connectivity index (χ0v) is 8.34. The van der Waals surface area contributed by atoms with E-state index in [1.54, 1.807) is 12.1 Å². The van der Waals surface area contributed by atoms with Gasteiger partial charge in [-0.2, -0.15) is 0 Å². The Kier molecular flexibility index (Phi) is 2.87. The maximum Gasteiger partial charge on any atom is 0.266 e. The van der Waals surface area contributed by atoms with Gasteiger partial charge in [-0.05, 0) is 12.1 Å². The van der Waals surface area contributed by atoms with Gasteiger partial charge in [0, 0.05) is 6.26 Å². The smallest absolute Gasteiger partial charge is 0.266 e. The molecule has 14 heavy (non-hydrogen) atoms. The number of hydrogen-bond donors (Lipinski definition) is 2. The van der Waals surface area contributed by atoms with E-state index in [4.69, 9.17) is 5.84 Å². The zero-order chi connectivity index (χ0) is 10.8. The Labute approximate surface area is 81.8 Å². The number of amides is 1. The van der Waals surface area contributed by atoms with E-state index in [0.29, 0.717) is 0 Å². The number of nitrogens with one attached hydrogen (secondary N) is 1. The molecule has 0 saturated carbocycles. The first-order valence-corrected chi connectivity index (χ1v) is 5.66. The molecule has 0 aliphatic carbocycles. The average Bonchev–Trinajstić information content (AvgIpc) is 2.15. The molecule has 1 aromatic rings. The summed E-state index contributed by atoms with van der Waals surface area (Å²) in [6.45, 7) is 0. The van der Waals surface area contributed by atoms with Gasteiger partial charge >= 0.3 is 0 Å². The van der Waals surface area contributed by atoms with Crippen molar-refractivity contribution in [2.45, 2.75) is 4.90 Å². The fourth-order valence-electron chi connectivity index (χ4n) is 1.06. The van der Waals surface area contributed by atoms with Crippen LogP contribution < -0.4 is 11.3 Å². The van der Waals surface area contributed by atoms with Crippen LogP contribution in [0.4, 0.5) is 0 Å². The minimum absolute atomic E-state index is 0.0250. The molecular formula is C8H10N2O3S. The van der Waals surface area contributed by atoms with Gasteiger partial charge in [0.05, 0.1) is 10.5 Å². The number of carbonyl (C=O) groups excluding carboxylic acids is 1. The minimum Gasteiger partial charge on any atom is -0.290 e. The minimum atomic E-state index is -3.40. The summed E-state index contributed by atoms with van der Waals surface area (Å²) in [6, 6.07) is 5.88. The Morgan fingerprint density at radius 1 is 1.36 bits per heavy atom. The lowest BCUT2D eigenvalue weighted by Crippen LogP contribution is -2.31. The van der Waals surface area contributed by atoms with E-state index in [1.165, 1.54) is 12.1 Å². The fourth-order valence-corrected chi connectivity index (χ4v) is 1.94. The lowest BCUT2D eigenvalue weighted by molar-refractivity contribution is 0.0950. The summed E-state index contributed by atoms with van der Waals surface area (Å²) in [6.07, 6.45) is 1.04. The van der Waals surface area contributed by atoms with Crippen molar-refractivity contribution in [1.29, 1.82) is 0 Å². The molecule has 76 valence electrons. The van der Waals surface area contributed by atoms with E-state index in [1.807, 2.05) is 5.43 Å². The predicted octanol–water partition coefficient (Wildman–Crippen LogP) is -0.306. The van der Waals surface area contributed by atoms with E-state index in [-0.39, 0.29) is 10.5 Å². The zero-order valence-electron chi connectivity index (χ0n) is 7.52. The normalized spacial score (nSPS) is 11.0. The molecule has 0 bridgehead atoms. The summed E-state index contributed by atoms with van der Waals surface area (Å²) in [7, 11) is -3.40. The molecule has 0 radical (unpaired) electrons. The van der Waals surface area contributed by atoms with Crippen molar-refractivity contribution < 1.29 is 13.2 Å². The Hall–Kier alpha value is -1.40. The van der Waals surface area contributed by atoms with E-state index in [0.717, 1.165) is 6.26 Å². The molecular weight excluding hydrogens is 204 g/mol. The summed E-state index contributed by atoms with van der Waals surface area (Å²) in [5.41, 5.74) is 1.94. The number of benzene rings is 1. The summed E-state index contributed by atoms with van der Waals surface area (Å²) >= 11 is 0. The fraction of sp³-hybridized carbons (Fsp3) is 0.125. The molecule has 1 amide bonds. The van der Waals surface area contributed by atoms with Crippen molar-refractivity contribution in [3.8, 4) is 0 Å². The molecule has 0 unspecified atom stereocenters. The summed E-state index contributed by atoms with van der Waals surface area (Å²) in [4.78, 5) is 11.2. The Bertz CT molecular complexity index is 453. The van der Waals surface area contributed by atoms with Crippen molar-refractivity contribution in [1.82, 2.24) is 5.43 Å². The van der Waals surface area contributed by atoms with Crippen molar-refractivity contribution in [3.63, 3.8) is 0 Å². The molecule has 6 heteroatoms. The first-order valence-electron chi connectivity index (χ1n) is 3.77. The van der Waals surface area contributed by atoms with Crippen molar-refractivity contribution >= 4 is 15.7 Å². The number of nitrogen functional groups attached to an aromatic ring is 1. The largest absolute Gasteiger partial charge is 0.290 e. The van der Waals surface area contributed by atoms with Crippen LogP contribution in [-0.2, 0) is 9.84 Å². The highest BCUT2D eigenvalue weighted by Gasteiger charge is 2.16. The molecule has 1 aromatic carbocycles. The third-order valence-corrected chi connectivity index (χ3v) is 2.82. The molecule has 0 aliphatic rings. The summed E-state index contributed by atoms with van der Waals surface area (Å²) < 4.78 is 22.5. The molecule has 1 rings (SSSR count). The molecule has 0 saturated heterocycles. The van der Waals surface area contributed by atoms with Crippen LogP contribution >= 0.6 is 0 Å². The highest BCUT2D eigenvalue weighted by Crippen LogP contribution is 2.14. The van der Waals surface area contributed by atoms with Crippen LogP contribution in [0.2, 0.25) is 0 Å². The molecule has 0 fully saturated rings. The molecule has 0 atom stereocenters. The van der Waals surface area contributed by atoms with Crippen LogP contribution in [0.1, 0.15) is 10.4 Å². The van der Waals surface area contributed by atoms with Gasteiger partial charge in [0.25, 0.3) is 5.91 Å². The molecule has 3 N–H and O–H groups in total. The Balaban J connectivity index is 3.38. The second-order valence-electron chi connectivity index (χ2n) is 2.74. The van der Waals surface area contributed by atoms with Gasteiger partial charge in [0.1, 0.15) is 0 Å². The van der Waals surface area contributed by atoms with Crippen LogP contribution in [0.15, 0.2) is 29.2 Å². The lowest BCUT2D eigenvalue weighted by Gasteiger charge is -2.05. The van der Waals surface area contributed by atoms with E-state index in [9.17, 15) is 13.2 Å². The monoisotopic (exact) mass is 214 g/mol. The quantitative estimate of drug-likeness (QED) is 0.401. The maximum absolute atomic E-state index is 11.3. The van der Waals surface area contributed by atoms with Gasteiger partial charge in [-0.3, -0.25) is 10.2 Å². The van der Waals surface area contributed by atoms with Crippen LogP contribution in [0.3, 0.4) is 0 Å². The molecule has 5 nitrogen and oxygen atoms in total. The molecule has 0 heterocycles. The van der Waals surface area contributed by atoms with Crippen molar-refractivity contribution in [2.75, 3.05) is 6.26 Å². The van der Waals surface area contributed by atoms with Crippen molar-refractivity contribution in [2.24, 2.45) is 5.84 Å². The number of nitrogens with two attached hydrogens (primary N) is 1. The van der Waals surface area contributed by atoms with Crippen LogP contribution in [0, 0.1) is 0 Å². The number of hydrogen-bond acceptors (Lipinski definition) is 4. The number of rotatable bonds is 2. The van der Waals surface area contributed by atoms with Gasteiger partial charge < -0.3 is 0 Å². The standard InChI is InChI=1S/C8H10N2O3S/c1-14(12,13)7-5-3-2-4-6(7)8(11)10-9/h2-5H,9H2,1H3,(H,10,11). The third-order valence-electron chi connectivity index (χ3n) is 1.66. The van der Waals surface area contributed by atoms with Gasteiger partial charge in [-0.15, -0.1) is 0 Å². The molecule has 0 spiro atoms.